The molecule has 0 aliphatic carbocycles. The number of anilines is 2. The van der Waals surface area contributed by atoms with Gasteiger partial charge in [0.15, 0.2) is 0 Å². The Morgan fingerprint density at radius 1 is 1.15 bits per heavy atom. The summed E-state index contributed by atoms with van der Waals surface area (Å²) < 4.78 is 37.8. The summed E-state index contributed by atoms with van der Waals surface area (Å²) in [5.41, 5.74) is 0.697. The van der Waals surface area contributed by atoms with Crippen LogP contribution in [0.2, 0.25) is 4.34 Å². The molecule has 13 heteroatoms. The number of hydrogen-bond donors (Lipinski definition) is 1. The predicted octanol–water partition coefficient (Wildman–Crippen LogP) is 3.84. The van der Waals surface area contributed by atoms with Crippen molar-refractivity contribution < 1.29 is 27.5 Å². The molecule has 180 valence electrons. The summed E-state index contributed by atoms with van der Waals surface area (Å²) in [6, 6.07) is 7.42. The number of rotatable bonds is 9. The Hall–Kier alpha value is -3.22. The molecular weight excluding hydrogens is 504 g/mol. The second-order valence-electron chi connectivity index (χ2n) is 6.63. The van der Waals surface area contributed by atoms with Gasteiger partial charge in [-0.05, 0) is 38.1 Å². The Labute approximate surface area is 205 Å². The average Bonchev–Trinajstić information content (AvgIpc) is 3.22. The van der Waals surface area contributed by atoms with Crippen LogP contribution >= 0.6 is 22.9 Å². The molecule has 0 radical (unpaired) electrons. The molecule has 0 aliphatic heterocycles. The fraction of sp³-hybridized carbons (Fsp3) is 0.238. The molecule has 0 spiro atoms. The first kappa shape index (κ1) is 25.4. The molecule has 0 saturated heterocycles. The second-order valence-corrected chi connectivity index (χ2v) is 10.2. The fourth-order valence-corrected chi connectivity index (χ4v) is 5.64. The van der Waals surface area contributed by atoms with Crippen LogP contribution in [0.5, 0.6) is 6.01 Å². The molecule has 0 bridgehead atoms. The van der Waals surface area contributed by atoms with Gasteiger partial charge < -0.3 is 14.8 Å². The van der Waals surface area contributed by atoms with Gasteiger partial charge in [0, 0.05) is 12.7 Å². The zero-order valence-electron chi connectivity index (χ0n) is 18.4. The summed E-state index contributed by atoms with van der Waals surface area (Å²) in [4.78, 5) is 32.5. The molecule has 34 heavy (non-hydrogen) atoms. The highest BCUT2D eigenvalue weighted by Gasteiger charge is 2.30. The van der Waals surface area contributed by atoms with Crippen molar-refractivity contribution in [3.8, 4) is 6.01 Å². The van der Waals surface area contributed by atoms with Crippen molar-refractivity contribution in [1.82, 2.24) is 9.97 Å². The highest BCUT2D eigenvalue weighted by molar-refractivity contribution is 7.93. The molecule has 0 fully saturated rings. The molecule has 1 aromatic carbocycles. The number of carbonyl (C=O) groups is 2. The highest BCUT2D eigenvalue weighted by Crippen LogP contribution is 2.34. The molecule has 0 unspecified atom stereocenters. The summed E-state index contributed by atoms with van der Waals surface area (Å²) in [6.07, 6.45) is 2.59. The van der Waals surface area contributed by atoms with Crippen LogP contribution in [-0.4, -0.2) is 50.5 Å². The summed E-state index contributed by atoms with van der Waals surface area (Å²) in [7, 11) is -2.88. The van der Waals surface area contributed by atoms with E-state index in [1.54, 1.807) is 32.0 Å². The second kappa shape index (κ2) is 10.8. The quantitative estimate of drug-likeness (QED) is 0.418. The average molecular weight is 525 g/mol. The third-order valence-corrected chi connectivity index (χ3v) is 7.60. The molecule has 3 rings (SSSR count). The lowest BCUT2D eigenvalue weighted by Crippen LogP contribution is -2.28. The third-order valence-electron chi connectivity index (χ3n) is 4.40. The maximum atomic E-state index is 13.3. The number of hydrogen-bond acceptors (Lipinski definition) is 9. The SMILES string of the molecule is CCOC(=O)c1cccc(NC(=O)c2sc(Cl)cc2S(=O)(=O)N(C)c2cnc(OCC)nc2)c1. The normalized spacial score (nSPS) is 11.1. The topological polar surface area (TPSA) is 128 Å². The van der Waals surface area contributed by atoms with E-state index in [1.807, 2.05) is 0 Å². The van der Waals surface area contributed by atoms with Gasteiger partial charge in [-0.15, -0.1) is 11.3 Å². The Bertz CT molecular complexity index is 1290. The van der Waals surface area contributed by atoms with Crippen LogP contribution in [0.15, 0.2) is 47.6 Å². The molecule has 0 atom stereocenters. The van der Waals surface area contributed by atoms with Gasteiger partial charge in [-0.2, -0.15) is 0 Å². The first-order chi connectivity index (χ1) is 16.2. The Kier molecular flexibility index (Phi) is 8.07. The summed E-state index contributed by atoms with van der Waals surface area (Å²) >= 11 is 6.89. The number of halogens is 1. The zero-order chi connectivity index (χ0) is 24.9. The van der Waals surface area contributed by atoms with E-state index in [4.69, 9.17) is 21.1 Å². The lowest BCUT2D eigenvalue weighted by molar-refractivity contribution is 0.0526. The minimum Gasteiger partial charge on any atom is -0.464 e. The van der Waals surface area contributed by atoms with E-state index in [1.165, 1.54) is 31.6 Å². The van der Waals surface area contributed by atoms with Gasteiger partial charge in [-0.25, -0.2) is 23.2 Å². The predicted molar refractivity (Wildman–Crippen MR) is 128 cm³/mol. The lowest BCUT2D eigenvalue weighted by atomic mass is 10.2. The maximum Gasteiger partial charge on any atom is 0.338 e. The smallest absolute Gasteiger partial charge is 0.338 e. The number of thiophene rings is 1. The number of nitrogens with zero attached hydrogens (tertiary/aromatic N) is 3. The lowest BCUT2D eigenvalue weighted by Gasteiger charge is -2.19. The van der Waals surface area contributed by atoms with Crippen LogP contribution in [0.4, 0.5) is 11.4 Å². The van der Waals surface area contributed by atoms with Gasteiger partial charge in [0.05, 0.1) is 41.2 Å². The number of nitrogens with one attached hydrogen (secondary N) is 1. The largest absolute Gasteiger partial charge is 0.464 e. The fourth-order valence-electron chi connectivity index (χ4n) is 2.78. The third kappa shape index (κ3) is 5.64. The minimum atomic E-state index is -4.19. The van der Waals surface area contributed by atoms with Gasteiger partial charge >= 0.3 is 12.0 Å². The van der Waals surface area contributed by atoms with Crippen molar-refractivity contribution in [3.05, 3.63) is 57.5 Å². The summed E-state index contributed by atoms with van der Waals surface area (Å²) in [5, 5.41) is 2.60. The molecule has 1 N–H and O–H groups in total. The van der Waals surface area contributed by atoms with E-state index in [0.29, 0.717) is 6.61 Å². The van der Waals surface area contributed by atoms with E-state index >= 15 is 0 Å². The standard InChI is InChI=1S/C21H21ClN4O6S2/c1-4-31-20(28)13-7-6-8-14(9-13)25-19(27)18-16(10-17(22)33-18)34(29,30)26(3)15-11-23-21(24-12-15)32-5-2/h6-12H,4-5H2,1-3H3,(H,25,27). The van der Waals surface area contributed by atoms with Crippen LogP contribution in [0.25, 0.3) is 0 Å². The monoisotopic (exact) mass is 524 g/mol. The zero-order valence-corrected chi connectivity index (χ0v) is 20.8. The van der Waals surface area contributed by atoms with Crippen molar-refractivity contribution in [2.45, 2.75) is 18.7 Å². The number of ether oxygens (including phenoxy) is 2. The molecule has 10 nitrogen and oxygen atoms in total. The van der Waals surface area contributed by atoms with Crippen LogP contribution in [-0.2, 0) is 14.8 Å². The van der Waals surface area contributed by atoms with E-state index in [2.05, 4.69) is 15.3 Å². The van der Waals surface area contributed by atoms with Crippen molar-refractivity contribution in [1.29, 1.82) is 0 Å². The van der Waals surface area contributed by atoms with E-state index < -0.39 is 21.9 Å². The van der Waals surface area contributed by atoms with Crippen LogP contribution in [0, 0.1) is 0 Å². The number of carbonyl (C=O) groups excluding carboxylic acids is 2. The number of benzene rings is 1. The summed E-state index contributed by atoms with van der Waals surface area (Å²) in [6.45, 7) is 4.02. The molecule has 2 aromatic heterocycles. The first-order valence-corrected chi connectivity index (χ1v) is 12.6. The molecule has 1 amide bonds. The molecule has 0 saturated carbocycles. The van der Waals surface area contributed by atoms with Gasteiger partial charge in [0.25, 0.3) is 15.9 Å². The van der Waals surface area contributed by atoms with E-state index in [9.17, 15) is 18.0 Å². The maximum absolute atomic E-state index is 13.3. The van der Waals surface area contributed by atoms with Gasteiger partial charge in [0.1, 0.15) is 9.77 Å². The molecule has 3 aromatic rings. The van der Waals surface area contributed by atoms with Gasteiger partial charge in [0.2, 0.25) is 0 Å². The van der Waals surface area contributed by atoms with Crippen molar-refractivity contribution >= 4 is 56.2 Å². The Morgan fingerprint density at radius 3 is 2.50 bits per heavy atom. The molecule has 0 aliphatic rings. The molecular formula is C21H21ClN4O6S2. The highest BCUT2D eigenvalue weighted by atomic mass is 35.5. The Balaban J connectivity index is 1.88. The van der Waals surface area contributed by atoms with Crippen LogP contribution in [0.1, 0.15) is 33.9 Å². The van der Waals surface area contributed by atoms with Crippen molar-refractivity contribution in [2.24, 2.45) is 0 Å². The van der Waals surface area contributed by atoms with Gasteiger partial charge in [-0.3, -0.25) is 9.10 Å². The molecule has 2 heterocycles. The van der Waals surface area contributed by atoms with E-state index in [0.717, 1.165) is 15.6 Å². The number of amides is 1. The van der Waals surface area contributed by atoms with Crippen LogP contribution in [0.3, 0.4) is 0 Å². The minimum absolute atomic E-state index is 0.111. The first-order valence-electron chi connectivity index (χ1n) is 9.99. The number of aromatic nitrogens is 2. The van der Waals surface area contributed by atoms with Gasteiger partial charge in [-0.1, -0.05) is 17.7 Å². The Morgan fingerprint density at radius 2 is 1.85 bits per heavy atom. The van der Waals surface area contributed by atoms with Crippen LogP contribution < -0.4 is 14.4 Å². The van der Waals surface area contributed by atoms with E-state index in [-0.39, 0.29) is 43.7 Å². The summed E-state index contributed by atoms with van der Waals surface area (Å²) in [5.74, 6) is -1.24. The number of esters is 1. The van der Waals surface area contributed by atoms with Crippen molar-refractivity contribution in [3.63, 3.8) is 0 Å². The number of sulfonamides is 1. The van der Waals surface area contributed by atoms with Crippen molar-refractivity contribution in [2.75, 3.05) is 29.9 Å².